The zero-order valence-electron chi connectivity index (χ0n) is 6.58. The molecule has 2 aromatic heterocycles. The van der Waals surface area contributed by atoms with Gasteiger partial charge in [-0.3, -0.25) is 4.79 Å². The van der Waals surface area contributed by atoms with Crippen molar-refractivity contribution in [1.29, 1.82) is 0 Å². The molecule has 0 saturated heterocycles. The smallest absolute Gasteiger partial charge is 0.220 e. The quantitative estimate of drug-likeness (QED) is 0.671. The molecular formula is C9H6INOS. The van der Waals surface area contributed by atoms with Crippen molar-refractivity contribution in [2.45, 2.75) is 0 Å². The SMILES string of the molecule is O=C(c1ccc[nH]1)c1sccc1I. The van der Waals surface area contributed by atoms with Crippen LogP contribution < -0.4 is 0 Å². The zero-order valence-corrected chi connectivity index (χ0v) is 9.56. The van der Waals surface area contributed by atoms with Crippen LogP contribution in [0.1, 0.15) is 15.4 Å². The third kappa shape index (κ3) is 1.68. The molecule has 0 spiro atoms. The number of nitrogens with one attached hydrogen (secondary N) is 1. The van der Waals surface area contributed by atoms with Crippen LogP contribution in [0.25, 0.3) is 0 Å². The summed E-state index contributed by atoms with van der Waals surface area (Å²) in [5.41, 5.74) is 0.653. The Kier molecular flexibility index (Phi) is 2.50. The van der Waals surface area contributed by atoms with Gasteiger partial charge in [-0.05, 0) is 46.2 Å². The number of hydrogen-bond acceptors (Lipinski definition) is 2. The van der Waals surface area contributed by atoms with E-state index in [2.05, 4.69) is 27.6 Å². The number of H-pyrrole nitrogens is 1. The van der Waals surface area contributed by atoms with E-state index < -0.39 is 0 Å². The summed E-state index contributed by atoms with van der Waals surface area (Å²) < 4.78 is 1.02. The van der Waals surface area contributed by atoms with Gasteiger partial charge in [-0.2, -0.15) is 0 Å². The first-order valence-electron chi connectivity index (χ1n) is 3.70. The molecule has 0 unspecified atom stereocenters. The van der Waals surface area contributed by atoms with Crippen LogP contribution in [0.5, 0.6) is 0 Å². The molecule has 0 aromatic carbocycles. The Labute approximate surface area is 93.1 Å². The molecule has 2 rings (SSSR count). The Morgan fingerprint density at radius 3 is 2.85 bits per heavy atom. The highest BCUT2D eigenvalue weighted by Gasteiger charge is 2.13. The summed E-state index contributed by atoms with van der Waals surface area (Å²) in [7, 11) is 0. The molecule has 0 amide bonds. The number of carbonyl (C=O) groups excluding carboxylic acids is 1. The van der Waals surface area contributed by atoms with Gasteiger partial charge in [-0.15, -0.1) is 11.3 Å². The maximum atomic E-state index is 11.8. The Hall–Kier alpha value is -0.620. The van der Waals surface area contributed by atoms with E-state index in [-0.39, 0.29) is 5.78 Å². The lowest BCUT2D eigenvalue weighted by atomic mass is 10.2. The minimum Gasteiger partial charge on any atom is -0.358 e. The van der Waals surface area contributed by atoms with Crippen molar-refractivity contribution < 1.29 is 4.79 Å². The van der Waals surface area contributed by atoms with Gasteiger partial charge < -0.3 is 4.98 Å². The second-order valence-electron chi connectivity index (χ2n) is 2.51. The summed E-state index contributed by atoms with van der Waals surface area (Å²) in [6.07, 6.45) is 1.76. The largest absolute Gasteiger partial charge is 0.358 e. The normalized spacial score (nSPS) is 10.2. The Balaban J connectivity index is 2.39. The molecule has 0 radical (unpaired) electrons. The molecule has 2 nitrogen and oxygen atoms in total. The number of aromatic amines is 1. The highest BCUT2D eigenvalue weighted by Crippen LogP contribution is 2.21. The monoisotopic (exact) mass is 303 g/mol. The molecule has 0 bridgehead atoms. The van der Waals surface area contributed by atoms with Gasteiger partial charge in [0.2, 0.25) is 5.78 Å². The minimum atomic E-state index is 0.0735. The summed E-state index contributed by atoms with van der Waals surface area (Å²) in [5.74, 6) is 0.0735. The fourth-order valence-electron chi connectivity index (χ4n) is 1.05. The number of hydrogen-bond donors (Lipinski definition) is 1. The van der Waals surface area contributed by atoms with E-state index >= 15 is 0 Å². The number of halogens is 1. The molecule has 0 fully saturated rings. The average Bonchev–Trinajstić information content (AvgIpc) is 2.72. The molecule has 13 heavy (non-hydrogen) atoms. The van der Waals surface area contributed by atoms with Gasteiger partial charge in [0, 0.05) is 9.77 Å². The van der Waals surface area contributed by atoms with Gasteiger partial charge in [-0.25, -0.2) is 0 Å². The van der Waals surface area contributed by atoms with Gasteiger partial charge >= 0.3 is 0 Å². The molecule has 0 atom stereocenters. The van der Waals surface area contributed by atoms with Gasteiger partial charge in [0.15, 0.2) is 0 Å². The van der Waals surface area contributed by atoms with E-state index in [4.69, 9.17) is 0 Å². The zero-order chi connectivity index (χ0) is 9.26. The minimum absolute atomic E-state index is 0.0735. The summed E-state index contributed by atoms with van der Waals surface area (Å²) >= 11 is 3.65. The van der Waals surface area contributed by atoms with Crippen molar-refractivity contribution in [2.75, 3.05) is 0 Å². The van der Waals surface area contributed by atoms with Crippen LogP contribution in [0, 0.1) is 3.57 Å². The molecule has 0 aliphatic rings. The topological polar surface area (TPSA) is 32.9 Å². The van der Waals surface area contributed by atoms with Crippen molar-refractivity contribution in [3.63, 3.8) is 0 Å². The molecule has 2 heterocycles. The third-order valence-corrected chi connectivity index (χ3v) is 3.84. The maximum Gasteiger partial charge on any atom is 0.220 e. The highest BCUT2D eigenvalue weighted by molar-refractivity contribution is 14.1. The second-order valence-corrected chi connectivity index (χ2v) is 4.59. The Morgan fingerprint density at radius 1 is 1.46 bits per heavy atom. The van der Waals surface area contributed by atoms with Gasteiger partial charge in [-0.1, -0.05) is 0 Å². The number of thiophene rings is 1. The van der Waals surface area contributed by atoms with E-state index in [0.717, 1.165) is 8.45 Å². The fraction of sp³-hybridized carbons (Fsp3) is 0. The van der Waals surface area contributed by atoms with E-state index in [1.807, 2.05) is 17.5 Å². The highest BCUT2D eigenvalue weighted by atomic mass is 127. The molecule has 4 heteroatoms. The summed E-state index contributed by atoms with van der Waals surface area (Å²) in [6.45, 7) is 0. The van der Waals surface area contributed by atoms with Crippen molar-refractivity contribution >= 4 is 39.7 Å². The summed E-state index contributed by atoms with van der Waals surface area (Å²) in [4.78, 5) is 15.5. The van der Waals surface area contributed by atoms with E-state index in [1.54, 1.807) is 12.3 Å². The fourth-order valence-corrected chi connectivity index (χ4v) is 2.84. The van der Waals surface area contributed by atoms with Crippen LogP contribution in [0.3, 0.4) is 0 Å². The van der Waals surface area contributed by atoms with Crippen molar-refractivity contribution in [3.05, 3.63) is 43.9 Å². The molecule has 0 aliphatic heterocycles. The van der Waals surface area contributed by atoms with Crippen molar-refractivity contribution in [3.8, 4) is 0 Å². The molecular weight excluding hydrogens is 297 g/mol. The Bertz CT molecular complexity index is 419. The van der Waals surface area contributed by atoms with Gasteiger partial charge in [0.1, 0.15) is 0 Å². The molecule has 1 N–H and O–H groups in total. The summed E-state index contributed by atoms with van der Waals surface area (Å²) in [6, 6.07) is 5.56. The van der Waals surface area contributed by atoms with Gasteiger partial charge in [0.05, 0.1) is 10.6 Å². The lowest BCUT2D eigenvalue weighted by molar-refractivity contribution is 0.103. The molecule has 0 aliphatic carbocycles. The number of ketones is 1. The van der Waals surface area contributed by atoms with Crippen LogP contribution in [-0.4, -0.2) is 10.8 Å². The van der Waals surface area contributed by atoms with E-state index in [0.29, 0.717) is 5.69 Å². The summed E-state index contributed by atoms with van der Waals surface area (Å²) in [5, 5.41) is 1.93. The van der Waals surface area contributed by atoms with Crippen LogP contribution in [0.4, 0.5) is 0 Å². The lowest BCUT2D eigenvalue weighted by Gasteiger charge is -1.94. The molecule has 66 valence electrons. The van der Waals surface area contributed by atoms with Crippen molar-refractivity contribution in [2.24, 2.45) is 0 Å². The molecule has 2 aromatic rings. The number of carbonyl (C=O) groups is 1. The number of aromatic nitrogens is 1. The predicted octanol–water partition coefficient (Wildman–Crippen LogP) is 2.91. The first-order valence-corrected chi connectivity index (χ1v) is 5.66. The first kappa shape index (κ1) is 8.96. The second kappa shape index (κ2) is 3.63. The standard InChI is InChI=1S/C9H6INOS/c10-6-3-5-13-9(6)8(12)7-2-1-4-11-7/h1-5,11H. The predicted molar refractivity (Wildman–Crippen MR) is 61.3 cm³/mol. The average molecular weight is 303 g/mol. The Morgan fingerprint density at radius 2 is 2.31 bits per heavy atom. The third-order valence-electron chi connectivity index (χ3n) is 1.67. The van der Waals surface area contributed by atoms with Crippen LogP contribution in [0.15, 0.2) is 29.8 Å². The number of rotatable bonds is 2. The van der Waals surface area contributed by atoms with E-state index in [9.17, 15) is 4.79 Å². The van der Waals surface area contributed by atoms with E-state index in [1.165, 1.54) is 11.3 Å². The van der Waals surface area contributed by atoms with Gasteiger partial charge in [0.25, 0.3) is 0 Å². The van der Waals surface area contributed by atoms with Crippen LogP contribution in [-0.2, 0) is 0 Å². The van der Waals surface area contributed by atoms with Crippen LogP contribution in [0.2, 0.25) is 0 Å². The lowest BCUT2D eigenvalue weighted by Crippen LogP contribution is -2.00. The maximum absolute atomic E-state index is 11.8. The molecule has 0 saturated carbocycles. The van der Waals surface area contributed by atoms with Crippen molar-refractivity contribution in [1.82, 2.24) is 4.98 Å². The first-order chi connectivity index (χ1) is 6.29. The van der Waals surface area contributed by atoms with Crippen LogP contribution >= 0.6 is 33.9 Å².